The molecule has 92 valence electrons. The van der Waals surface area contributed by atoms with Gasteiger partial charge in [-0.3, -0.25) is 0 Å². The Morgan fingerprint density at radius 1 is 1.65 bits per heavy atom. The molecule has 3 N–H and O–H groups in total. The number of aromatic nitrogens is 1. The molecule has 0 radical (unpaired) electrons. The molecule has 0 bridgehead atoms. The number of nitrogens with two attached hydrogens (primary N) is 1. The Morgan fingerprint density at radius 2 is 2.29 bits per heavy atom. The predicted octanol–water partition coefficient (Wildman–Crippen LogP) is 1.43. The Kier molecular flexibility index (Phi) is 3.05. The number of pyridine rings is 1. The lowest BCUT2D eigenvalue weighted by atomic mass is 9.73. The Bertz CT molecular complexity index is 463. The molecule has 2 rings (SSSR count). The van der Waals surface area contributed by atoms with Crippen molar-refractivity contribution in [3.63, 3.8) is 0 Å². The van der Waals surface area contributed by atoms with E-state index in [0.717, 1.165) is 0 Å². The Labute approximate surface area is 105 Å². The van der Waals surface area contributed by atoms with E-state index in [1.807, 2.05) is 0 Å². The van der Waals surface area contributed by atoms with Gasteiger partial charge < -0.3 is 15.6 Å². The quantitative estimate of drug-likeness (QED) is 0.809. The second-order valence-corrected chi connectivity index (χ2v) is 4.78. The fourth-order valence-electron chi connectivity index (χ4n) is 1.92. The highest BCUT2D eigenvalue weighted by molar-refractivity contribution is 9.10. The number of hydrogen-bond acceptors (Lipinski definition) is 4. The zero-order chi connectivity index (χ0) is 12.6. The zero-order valence-electron chi connectivity index (χ0n) is 8.69. The first-order valence-electron chi connectivity index (χ1n) is 4.92. The molecule has 1 fully saturated rings. The standard InChI is InChI=1S/C10H10BrFN2O3/c11-7-2-1-6(8(12)14-7)10(16)3-5(4-10)17-9(13)15/h1-2,5,16H,3-4H2,(H2,13,15). The zero-order valence-corrected chi connectivity index (χ0v) is 10.3. The highest BCUT2D eigenvalue weighted by atomic mass is 79.9. The largest absolute Gasteiger partial charge is 0.446 e. The molecule has 1 heterocycles. The second-order valence-electron chi connectivity index (χ2n) is 3.97. The second kappa shape index (κ2) is 4.23. The van der Waals surface area contributed by atoms with Gasteiger partial charge in [0.2, 0.25) is 5.95 Å². The smallest absolute Gasteiger partial charge is 0.404 e. The Balaban J connectivity index is 2.11. The van der Waals surface area contributed by atoms with Gasteiger partial charge >= 0.3 is 6.09 Å². The van der Waals surface area contributed by atoms with Crippen molar-refractivity contribution in [2.24, 2.45) is 5.73 Å². The van der Waals surface area contributed by atoms with Gasteiger partial charge in [0, 0.05) is 18.4 Å². The lowest BCUT2D eigenvalue weighted by Gasteiger charge is -2.42. The van der Waals surface area contributed by atoms with Crippen LogP contribution >= 0.6 is 15.9 Å². The summed E-state index contributed by atoms with van der Waals surface area (Å²) in [6.07, 6.45) is -1.13. The van der Waals surface area contributed by atoms with Crippen molar-refractivity contribution in [1.29, 1.82) is 0 Å². The minimum Gasteiger partial charge on any atom is -0.446 e. The van der Waals surface area contributed by atoms with Crippen LogP contribution in [-0.4, -0.2) is 22.3 Å². The van der Waals surface area contributed by atoms with E-state index in [4.69, 9.17) is 10.5 Å². The lowest BCUT2D eigenvalue weighted by molar-refractivity contribution is -0.122. The summed E-state index contributed by atoms with van der Waals surface area (Å²) in [4.78, 5) is 14.1. The Hall–Kier alpha value is -1.21. The SMILES string of the molecule is NC(=O)OC1CC(O)(c2ccc(Br)nc2F)C1. The molecule has 0 unspecified atom stereocenters. The fraction of sp³-hybridized carbons (Fsp3) is 0.400. The third-order valence-corrected chi connectivity index (χ3v) is 3.17. The molecule has 1 amide bonds. The maximum Gasteiger partial charge on any atom is 0.404 e. The van der Waals surface area contributed by atoms with E-state index in [-0.39, 0.29) is 18.4 Å². The first kappa shape index (κ1) is 12.3. The van der Waals surface area contributed by atoms with Crippen LogP contribution < -0.4 is 5.73 Å². The minimum absolute atomic E-state index is 0.102. The van der Waals surface area contributed by atoms with Gasteiger partial charge in [-0.2, -0.15) is 4.39 Å². The first-order valence-corrected chi connectivity index (χ1v) is 5.71. The van der Waals surface area contributed by atoms with Crippen LogP contribution in [0.3, 0.4) is 0 Å². The van der Waals surface area contributed by atoms with Gasteiger partial charge in [-0.25, -0.2) is 9.78 Å². The van der Waals surface area contributed by atoms with Crippen molar-refractivity contribution in [3.8, 4) is 0 Å². The van der Waals surface area contributed by atoms with Gasteiger partial charge in [-0.1, -0.05) is 0 Å². The molecule has 1 aliphatic rings. The summed E-state index contributed by atoms with van der Waals surface area (Å²) in [5.41, 5.74) is 3.61. The van der Waals surface area contributed by atoms with Crippen molar-refractivity contribution >= 4 is 22.0 Å². The number of carbonyl (C=O) groups excluding carboxylic acids is 1. The summed E-state index contributed by atoms with van der Waals surface area (Å²) in [5, 5.41) is 10.1. The summed E-state index contributed by atoms with van der Waals surface area (Å²) in [6.45, 7) is 0. The summed E-state index contributed by atoms with van der Waals surface area (Å²) in [6, 6.07) is 2.99. The topological polar surface area (TPSA) is 85.4 Å². The molecule has 1 aromatic heterocycles. The number of hydrogen-bond donors (Lipinski definition) is 2. The maximum absolute atomic E-state index is 13.5. The normalized spacial score (nSPS) is 27.4. The minimum atomic E-state index is -1.34. The number of carbonyl (C=O) groups is 1. The number of halogens is 2. The monoisotopic (exact) mass is 304 g/mol. The molecule has 0 atom stereocenters. The molecule has 0 saturated heterocycles. The van der Waals surface area contributed by atoms with Crippen molar-refractivity contribution < 1.29 is 19.0 Å². The predicted molar refractivity (Wildman–Crippen MR) is 59.5 cm³/mol. The summed E-state index contributed by atoms with van der Waals surface area (Å²) in [5.74, 6) is -0.737. The highest BCUT2D eigenvalue weighted by Crippen LogP contribution is 2.43. The van der Waals surface area contributed by atoms with E-state index in [1.165, 1.54) is 6.07 Å². The van der Waals surface area contributed by atoms with Gasteiger partial charge in [0.1, 0.15) is 16.3 Å². The number of nitrogens with zero attached hydrogens (tertiary/aromatic N) is 1. The average molecular weight is 305 g/mol. The molecule has 17 heavy (non-hydrogen) atoms. The molecule has 1 saturated carbocycles. The molecular formula is C10H10BrFN2O3. The number of primary amides is 1. The molecule has 1 aromatic rings. The molecular weight excluding hydrogens is 295 g/mol. The van der Waals surface area contributed by atoms with Crippen molar-refractivity contribution in [2.45, 2.75) is 24.5 Å². The van der Waals surface area contributed by atoms with Crippen LogP contribution in [0.25, 0.3) is 0 Å². The highest BCUT2D eigenvalue weighted by Gasteiger charge is 2.47. The van der Waals surface area contributed by atoms with Gasteiger partial charge in [0.25, 0.3) is 0 Å². The van der Waals surface area contributed by atoms with Crippen LogP contribution in [0, 0.1) is 5.95 Å². The number of aliphatic hydroxyl groups is 1. The maximum atomic E-state index is 13.5. The van der Waals surface area contributed by atoms with Crippen molar-refractivity contribution in [2.75, 3.05) is 0 Å². The summed E-state index contributed by atoms with van der Waals surface area (Å²) < 4.78 is 18.6. The molecule has 0 spiro atoms. The molecule has 5 nitrogen and oxygen atoms in total. The van der Waals surface area contributed by atoms with Crippen LogP contribution in [0.15, 0.2) is 16.7 Å². The average Bonchev–Trinajstić information content (AvgIpc) is 2.13. The van der Waals surface area contributed by atoms with Crippen molar-refractivity contribution in [3.05, 3.63) is 28.2 Å². The Morgan fingerprint density at radius 3 is 2.82 bits per heavy atom. The van der Waals surface area contributed by atoms with Crippen LogP contribution in [0.2, 0.25) is 0 Å². The van der Waals surface area contributed by atoms with E-state index < -0.39 is 23.7 Å². The van der Waals surface area contributed by atoms with Crippen LogP contribution in [0.5, 0.6) is 0 Å². The van der Waals surface area contributed by atoms with Gasteiger partial charge in [0.05, 0.1) is 0 Å². The molecule has 7 heteroatoms. The first-order chi connectivity index (χ1) is 7.90. The van der Waals surface area contributed by atoms with E-state index in [9.17, 15) is 14.3 Å². The van der Waals surface area contributed by atoms with Gasteiger partial charge in [0.15, 0.2) is 0 Å². The van der Waals surface area contributed by atoms with Gasteiger partial charge in [-0.05, 0) is 28.1 Å². The fourth-order valence-corrected chi connectivity index (χ4v) is 2.21. The summed E-state index contributed by atoms with van der Waals surface area (Å²) in [7, 11) is 0. The van der Waals surface area contributed by atoms with E-state index in [0.29, 0.717) is 4.60 Å². The lowest BCUT2D eigenvalue weighted by Crippen LogP contribution is -2.47. The van der Waals surface area contributed by atoms with Gasteiger partial charge in [-0.15, -0.1) is 0 Å². The molecule has 1 aliphatic carbocycles. The van der Waals surface area contributed by atoms with E-state index in [2.05, 4.69) is 20.9 Å². The number of amides is 1. The third-order valence-electron chi connectivity index (χ3n) is 2.73. The van der Waals surface area contributed by atoms with Crippen LogP contribution in [-0.2, 0) is 10.3 Å². The molecule has 0 aromatic carbocycles. The number of ether oxygens (including phenoxy) is 1. The summed E-state index contributed by atoms with van der Waals surface area (Å²) >= 11 is 3.03. The number of rotatable bonds is 2. The van der Waals surface area contributed by atoms with E-state index >= 15 is 0 Å². The third kappa shape index (κ3) is 2.39. The van der Waals surface area contributed by atoms with Crippen LogP contribution in [0.4, 0.5) is 9.18 Å². The van der Waals surface area contributed by atoms with E-state index in [1.54, 1.807) is 6.07 Å². The van der Waals surface area contributed by atoms with Crippen molar-refractivity contribution in [1.82, 2.24) is 4.98 Å². The molecule has 0 aliphatic heterocycles. The van der Waals surface area contributed by atoms with Crippen LogP contribution in [0.1, 0.15) is 18.4 Å².